The summed E-state index contributed by atoms with van der Waals surface area (Å²) in [6, 6.07) is 28.3. The number of nitro benzene ring substituents is 1. The van der Waals surface area contributed by atoms with E-state index in [1.54, 1.807) is 18.2 Å². The van der Waals surface area contributed by atoms with E-state index >= 15 is 0 Å². The molecule has 0 saturated carbocycles. The van der Waals surface area contributed by atoms with Crippen LogP contribution in [0.2, 0.25) is 0 Å². The smallest absolute Gasteiger partial charge is 0.271 e. The zero-order valence-electron chi connectivity index (χ0n) is 23.8. The Morgan fingerprint density at radius 1 is 0.860 bits per heavy atom. The third-order valence-electron chi connectivity index (χ3n) is 6.93. The first-order valence-corrected chi connectivity index (χ1v) is 15.0. The van der Waals surface area contributed by atoms with Crippen molar-refractivity contribution in [2.24, 2.45) is 0 Å². The van der Waals surface area contributed by atoms with Crippen LogP contribution in [0.5, 0.6) is 0 Å². The van der Waals surface area contributed by atoms with Gasteiger partial charge in [0.1, 0.15) is 12.6 Å². The highest BCUT2D eigenvalue weighted by Gasteiger charge is 2.34. The Kier molecular flexibility index (Phi) is 9.89. The van der Waals surface area contributed by atoms with Crippen LogP contribution >= 0.6 is 0 Å². The monoisotopic (exact) mass is 600 g/mol. The second kappa shape index (κ2) is 13.8. The molecule has 222 valence electrons. The van der Waals surface area contributed by atoms with Gasteiger partial charge in [-0.25, -0.2) is 8.42 Å². The normalized spacial score (nSPS) is 11.8. The van der Waals surface area contributed by atoms with Gasteiger partial charge in [0.25, 0.3) is 15.7 Å². The van der Waals surface area contributed by atoms with Crippen molar-refractivity contribution in [3.05, 3.63) is 136 Å². The number of sulfonamides is 1. The Morgan fingerprint density at radius 3 is 2.09 bits per heavy atom. The fourth-order valence-corrected chi connectivity index (χ4v) is 6.05. The molecule has 4 rings (SSSR count). The second-order valence-electron chi connectivity index (χ2n) is 9.93. The van der Waals surface area contributed by atoms with E-state index in [9.17, 15) is 28.1 Å². The highest BCUT2D eigenvalue weighted by atomic mass is 32.2. The molecule has 0 aliphatic carbocycles. The summed E-state index contributed by atoms with van der Waals surface area (Å²) >= 11 is 0. The van der Waals surface area contributed by atoms with Gasteiger partial charge >= 0.3 is 0 Å². The summed E-state index contributed by atoms with van der Waals surface area (Å²) in [5.41, 5.74) is 2.18. The molecule has 0 aliphatic rings. The molecule has 43 heavy (non-hydrogen) atoms. The Balaban J connectivity index is 1.80. The van der Waals surface area contributed by atoms with Gasteiger partial charge in [-0.3, -0.25) is 24.0 Å². The SMILES string of the molecule is CNC(=O)C(Cc1ccccc1)N(Cc1ccc(C)cc1)C(=O)CN(c1cccc([N+](=O)[O-])c1)S(=O)(=O)c1ccccc1. The highest BCUT2D eigenvalue weighted by Crippen LogP contribution is 2.28. The van der Waals surface area contributed by atoms with Crippen LogP contribution in [0.15, 0.2) is 114 Å². The number of rotatable bonds is 12. The first kappa shape index (κ1) is 30.9. The lowest BCUT2D eigenvalue weighted by atomic mass is 10.0. The van der Waals surface area contributed by atoms with Crippen LogP contribution in [-0.2, 0) is 32.6 Å². The Morgan fingerprint density at radius 2 is 1.49 bits per heavy atom. The van der Waals surface area contributed by atoms with Crippen molar-refractivity contribution in [1.82, 2.24) is 10.2 Å². The van der Waals surface area contributed by atoms with E-state index < -0.39 is 39.3 Å². The molecule has 0 radical (unpaired) electrons. The molecule has 1 atom stereocenters. The number of nitrogens with zero attached hydrogens (tertiary/aromatic N) is 3. The van der Waals surface area contributed by atoms with Gasteiger partial charge in [-0.05, 0) is 36.2 Å². The van der Waals surface area contributed by atoms with E-state index in [1.807, 2.05) is 61.5 Å². The number of nitrogens with one attached hydrogen (secondary N) is 1. The minimum absolute atomic E-state index is 0.0260. The number of amides is 2. The van der Waals surface area contributed by atoms with Crippen molar-refractivity contribution in [1.29, 1.82) is 0 Å². The molecular weight excluding hydrogens is 568 g/mol. The van der Waals surface area contributed by atoms with Gasteiger partial charge in [-0.1, -0.05) is 84.4 Å². The number of nitro groups is 1. The van der Waals surface area contributed by atoms with Crippen molar-refractivity contribution in [2.75, 3.05) is 17.9 Å². The van der Waals surface area contributed by atoms with Crippen LogP contribution in [0.4, 0.5) is 11.4 Å². The van der Waals surface area contributed by atoms with Crippen LogP contribution in [-0.4, -0.2) is 49.7 Å². The molecule has 10 nitrogen and oxygen atoms in total. The second-order valence-corrected chi connectivity index (χ2v) is 11.8. The number of non-ortho nitro benzene ring substituents is 1. The minimum atomic E-state index is -4.35. The van der Waals surface area contributed by atoms with Crippen molar-refractivity contribution >= 4 is 33.2 Å². The van der Waals surface area contributed by atoms with Crippen LogP contribution in [0.25, 0.3) is 0 Å². The number of anilines is 1. The molecular formula is C32H32N4O6S. The summed E-state index contributed by atoms with van der Waals surface area (Å²) < 4.78 is 28.7. The molecule has 1 unspecified atom stereocenters. The van der Waals surface area contributed by atoms with E-state index in [-0.39, 0.29) is 29.2 Å². The maximum absolute atomic E-state index is 14.3. The molecule has 0 heterocycles. The minimum Gasteiger partial charge on any atom is -0.357 e. The molecule has 11 heteroatoms. The molecule has 2 amide bonds. The van der Waals surface area contributed by atoms with Gasteiger partial charge in [0.05, 0.1) is 15.5 Å². The van der Waals surface area contributed by atoms with Gasteiger partial charge in [-0.2, -0.15) is 0 Å². The lowest BCUT2D eigenvalue weighted by Crippen LogP contribution is -2.53. The molecule has 4 aromatic carbocycles. The van der Waals surface area contributed by atoms with Gasteiger partial charge in [0, 0.05) is 32.1 Å². The quantitative estimate of drug-likeness (QED) is 0.189. The Hall–Kier alpha value is -5.03. The number of carbonyl (C=O) groups excluding carboxylic acids is 2. The van der Waals surface area contributed by atoms with Crippen molar-refractivity contribution in [3.63, 3.8) is 0 Å². The summed E-state index contributed by atoms with van der Waals surface area (Å²) in [6.45, 7) is 1.26. The van der Waals surface area contributed by atoms with Gasteiger partial charge in [0.2, 0.25) is 11.8 Å². The lowest BCUT2D eigenvalue weighted by molar-refractivity contribution is -0.384. The topological polar surface area (TPSA) is 130 Å². The number of benzene rings is 4. The predicted octanol–water partition coefficient (Wildman–Crippen LogP) is 4.48. The fourth-order valence-electron chi connectivity index (χ4n) is 4.62. The molecule has 1 N–H and O–H groups in total. The van der Waals surface area contributed by atoms with E-state index in [2.05, 4.69) is 5.32 Å². The van der Waals surface area contributed by atoms with Crippen LogP contribution in [0.3, 0.4) is 0 Å². The first-order valence-electron chi connectivity index (χ1n) is 13.5. The van der Waals surface area contributed by atoms with E-state index in [0.717, 1.165) is 27.1 Å². The average Bonchev–Trinajstić information content (AvgIpc) is 3.02. The number of carbonyl (C=O) groups is 2. The zero-order valence-corrected chi connectivity index (χ0v) is 24.6. The van der Waals surface area contributed by atoms with Gasteiger partial charge in [-0.15, -0.1) is 0 Å². The number of hydrogen-bond donors (Lipinski definition) is 1. The van der Waals surface area contributed by atoms with Crippen molar-refractivity contribution < 1.29 is 22.9 Å². The van der Waals surface area contributed by atoms with Gasteiger partial charge < -0.3 is 10.2 Å². The summed E-state index contributed by atoms with van der Waals surface area (Å²) in [5.74, 6) is -1.08. The van der Waals surface area contributed by atoms with Gasteiger partial charge in [0.15, 0.2) is 0 Å². The third kappa shape index (κ3) is 7.63. The summed E-state index contributed by atoms with van der Waals surface area (Å²) in [5, 5.41) is 14.2. The van der Waals surface area contributed by atoms with Crippen LogP contribution < -0.4 is 9.62 Å². The predicted molar refractivity (Wildman–Crippen MR) is 164 cm³/mol. The van der Waals surface area contributed by atoms with E-state index in [1.165, 1.54) is 42.3 Å². The summed E-state index contributed by atoms with van der Waals surface area (Å²) in [7, 11) is -2.88. The standard InChI is InChI=1S/C32H32N4O6S/c1-24-16-18-26(19-17-24)22-34(30(32(38)33-2)20-25-10-5-3-6-11-25)31(37)23-35(27-12-9-13-28(21-27)36(39)40)43(41,42)29-14-7-4-8-15-29/h3-19,21,30H,20,22-23H2,1-2H3,(H,33,38). The zero-order chi connectivity index (χ0) is 31.0. The number of aryl methyl sites for hydroxylation is 1. The Labute approximate surface area is 250 Å². The first-order chi connectivity index (χ1) is 20.6. The molecule has 0 aliphatic heterocycles. The number of hydrogen-bond acceptors (Lipinski definition) is 6. The number of likely N-dealkylation sites (N-methyl/N-ethyl adjacent to an activating group) is 1. The highest BCUT2D eigenvalue weighted by molar-refractivity contribution is 7.92. The lowest BCUT2D eigenvalue weighted by Gasteiger charge is -2.33. The maximum Gasteiger partial charge on any atom is 0.271 e. The molecule has 0 spiro atoms. The summed E-state index contributed by atoms with van der Waals surface area (Å²) in [6.07, 6.45) is 0.181. The molecule has 4 aromatic rings. The molecule has 0 saturated heterocycles. The molecule has 0 aromatic heterocycles. The van der Waals surface area contributed by atoms with Crippen LogP contribution in [0, 0.1) is 17.0 Å². The molecule has 0 fully saturated rings. The van der Waals surface area contributed by atoms with Crippen molar-refractivity contribution in [2.45, 2.75) is 30.8 Å². The maximum atomic E-state index is 14.3. The summed E-state index contributed by atoms with van der Waals surface area (Å²) in [4.78, 5) is 39.7. The Bertz CT molecular complexity index is 1680. The largest absolute Gasteiger partial charge is 0.357 e. The van der Waals surface area contributed by atoms with E-state index in [4.69, 9.17) is 0 Å². The molecule has 0 bridgehead atoms. The van der Waals surface area contributed by atoms with Crippen molar-refractivity contribution in [3.8, 4) is 0 Å². The fraction of sp³-hybridized carbons (Fsp3) is 0.188. The van der Waals surface area contributed by atoms with Crippen LogP contribution in [0.1, 0.15) is 16.7 Å². The van der Waals surface area contributed by atoms with E-state index in [0.29, 0.717) is 0 Å². The average molecular weight is 601 g/mol. The third-order valence-corrected chi connectivity index (χ3v) is 8.72.